The second-order valence-electron chi connectivity index (χ2n) is 19.5. The molecule has 6 aromatic heterocycles. The van der Waals surface area contributed by atoms with Crippen LogP contribution in [0, 0.1) is 20.8 Å². The standard InChI is InChI=1S/2C19H21N3O5S2.C19H21N3O4S2.8H2/c2*1-12-18(28-19(20-12)21-13(2)24)16-8-9-17(27-16)29(25,26)22-15(10-11-23)14-6-4-3-5-7-14;1-12-17(27-18(20-12)21-13(2)23)15-10-11-16(26-15)28(24,25)22-19(3,4)14-8-6-5-7-9-14;;;;;;;;/h2*3-9,15,22-23H,10-11H2,1-2H3,(H,20,21,24);5-11,22H,1-4H3,(H,20,21,23);8*1H/t2*15-;;;;;;;;;/m10........./s1. The zero-order valence-electron chi connectivity index (χ0n) is 47.7. The molecule has 0 fully saturated rings. The Hall–Kier alpha value is -7.55. The fraction of sp³-hybridized carbons (Fsp3) is 0.263. The van der Waals surface area contributed by atoms with Crippen molar-refractivity contribution >= 4 is 97.2 Å². The highest BCUT2D eigenvalue weighted by Gasteiger charge is 2.32. The monoisotopic (exact) mass is 1310 g/mol. The maximum absolute atomic E-state index is 12.8. The van der Waals surface area contributed by atoms with Crippen LogP contribution in [0.5, 0.6) is 0 Å². The third kappa shape index (κ3) is 17.6. The molecular weight excluding hydrogens is 1230 g/mol. The number of aliphatic hydroxyl groups excluding tert-OH is 2. The summed E-state index contributed by atoms with van der Waals surface area (Å²) in [4.78, 5) is 48.3. The highest BCUT2D eigenvalue weighted by Crippen LogP contribution is 2.38. The smallest absolute Gasteiger partial charge is 0.274 e. The van der Waals surface area contributed by atoms with Crippen molar-refractivity contribution in [1.82, 2.24) is 29.1 Å². The lowest BCUT2D eigenvalue weighted by Crippen LogP contribution is -2.40. The number of nitrogens with zero attached hydrogens (tertiary/aromatic N) is 3. The fourth-order valence-corrected chi connectivity index (χ4v) is 14.9. The van der Waals surface area contributed by atoms with E-state index in [1.807, 2.05) is 42.5 Å². The number of aliphatic hydroxyl groups is 2. The number of furan rings is 3. The number of sulfonamides is 3. The van der Waals surface area contributed by atoms with Crippen LogP contribution in [0.4, 0.5) is 15.4 Å². The molecule has 0 saturated heterocycles. The Morgan fingerprint density at radius 3 is 1.09 bits per heavy atom. The number of nitrogens with one attached hydrogen (secondary N) is 6. The molecule has 0 spiro atoms. The van der Waals surface area contributed by atoms with E-state index >= 15 is 0 Å². The summed E-state index contributed by atoms with van der Waals surface area (Å²) in [5, 5.41) is 27.1. The molecule has 6 heterocycles. The van der Waals surface area contributed by atoms with Gasteiger partial charge in [-0.1, -0.05) is 125 Å². The van der Waals surface area contributed by atoms with E-state index in [9.17, 15) is 49.9 Å². The molecule has 29 heteroatoms. The number of rotatable bonds is 22. The average Bonchev–Trinajstić information content (AvgIpc) is 1.68. The lowest BCUT2D eigenvalue weighted by Gasteiger charge is -2.25. The van der Waals surface area contributed by atoms with E-state index in [1.165, 1.54) is 73.0 Å². The number of anilines is 3. The molecule has 9 aromatic rings. The minimum atomic E-state index is -3.96. The van der Waals surface area contributed by atoms with Crippen LogP contribution in [0.15, 0.2) is 156 Å². The second kappa shape index (κ2) is 28.8. The number of hydrogen-bond acceptors (Lipinski definition) is 20. The number of thiazole rings is 3. The molecule has 472 valence electrons. The maximum atomic E-state index is 12.8. The Balaban J connectivity index is 0. The summed E-state index contributed by atoms with van der Waals surface area (Å²) in [5.41, 5.74) is 3.39. The van der Waals surface area contributed by atoms with Gasteiger partial charge >= 0.3 is 0 Å². The Labute approximate surface area is 521 Å². The number of aryl methyl sites for hydroxylation is 3. The molecule has 0 aliphatic rings. The number of benzene rings is 3. The van der Waals surface area contributed by atoms with Crippen molar-refractivity contribution in [3.05, 3.63) is 161 Å². The molecule has 0 aliphatic carbocycles. The van der Waals surface area contributed by atoms with Crippen molar-refractivity contribution in [3.8, 4) is 31.9 Å². The average molecular weight is 1310 g/mol. The first-order valence-electron chi connectivity index (χ1n) is 26.2. The summed E-state index contributed by atoms with van der Waals surface area (Å²) in [6, 6.07) is 35.0. The molecule has 3 aromatic carbocycles. The van der Waals surface area contributed by atoms with Gasteiger partial charge in [-0.05, 0) is 101 Å². The van der Waals surface area contributed by atoms with E-state index in [-0.39, 0.29) is 70.5 Å². The van der Waals surface area contributed by atoms with Gasteiger partial charge < -0.3 is 39.4 Å². The Morgan fingerprint density at radius 1 is 0.488 bits per heavy atom. The molecule has 9 rings (SSSR count). The topological polar surface area (TPSA) is 344 Å². The van der Waals surface area contributed by atoms with Crippen molar-refractivity contribution in [1.29, 1.82) is 0 Å². The molecule has 0 saturated carbocycles. The van der Waals surface area contributed by atoms with Gasteiger partial charge in [0.15, 0.2) is 15.4 Å². The normalized spacial score (nSPS) is 12.5. The van der Waals surface area contributed by atoms with Gasteiger partial charge in [-0.25, -0.2) is 49.6 Å². The number of amides is 3. The van der Waals surface area contributed by atoms with E-state index < -0.39 is 47.7 Å². The predicted octanol–water partition coefficient (Wildman–Crippen LogP) is 12.0. The van der Waals surface area contributed by atoms with Gasteiger partial charge in [-0.2, -0.15) is 4.72 Å². The van der Waals surface area contributed by atoms with Gasteiger partial charge in [0, 0.05) is 57.5 Å². The molecule has 23 nitrogen and oxygen atoms in total. The van der Waals surface area contributed by atoms with Crippen molar-refractivity contribution in [3.63, 3.8) is 0 Å². The first-order chi connectivity index (χ1) is 40.7. The van der Waals surface area contributed by atoms with Crippen LogP contribution in [-0.4, -0.2) is 81.4 Å². The summed E-state index contributed by atoms with van der Waals surface area (Å²) >= 11 is 3.62. The quantitative estimate of drug-likeness (QED) is 0.0312. The van der Waals surface area contributed by atoms with E-state index in [0.29, 0.717) is 64.4 Å². The van der Waals surface area contributed by atoms with Crippen LogP contribution < -0.4 is 30.1 Å². The van der Waals surface area contributed by atoms with Gasteiger partial charge in [-0.3, -0.25) is 14.4 Å². The van der Waals surface area contributed by atoms with E-state index in [0.717, 1.165) is 16.7 Å². The van der Waals surface area contributed by atoms with E-state index in [2.05, 4.69) is 45.1 Å². The lowest BCUT2D eigenvalue weighted by molar-refractivity contribution is -0.115. The number of aromatic nitrogens is 3. The van der Waals surface area contributed by atoms with Crippen LogP contribution in [0.3, 0.4) is 0 Å². The summed E-state index contributed by atoms with van der Waals surface area (Å²) in [7, 11) is -11.8. The van der Waals surface area contributed by atoms with Crippen molar-refractivity contribution in [2.75, 3.05) is 29.2 Å². The third-order valence-corrected chi connectivity index (χ3v) is 19.6. The number of carbonyl (C=O) groups excluding carboxylic acids is 3. The molecule has 86 heavy (non-hydrogen) atoms. The second-order valence-corrected chi connectivity index (χ2v) is 27.4. The minimum absolute atomic E-state index is 0. The van der Waals surface area contributed by atoms with E-state index in [1.54, 1.807) is 101 Å². The van der Waals surface area contributed by atoms with Crippen LogP contribution in [0.1, 0.15) is 105 Å². The van der Waals surface area contributed by atoms with Gasteiger partial charge in [0.1, 0.15) is 17.3 Å². The Kier molecular flexibility index (Phi) is 22.1. The highest BCUT2D eigenvalue weighted by atomic mass is 32.2. The third-order valence-electron chi connectivity index (χ3n) is 12.2. The Morgan fingerprint density at radius 2 is 0.791 bits per heavy atom. The Bertz CT molecular complexity index is 3980. The summed E-state index contributed by atoms with van der Waals surface area (Å²) < 4.78 is 102. The van der Waals surface area contributed by atoms with Crippen molar-refractivity contribution < 1.29 is 74.5 Å². The molecule has 0 unspecified atom stereocenters. The molecule has 2 atom stereocenters. The summed E-state index contributed by atoms with van der Waals surface area (Å²) in [6.07, 6.45) is 0.454. The SMILES string of the molecule is CC(=O)Nc1nc(C)c(-c2ccc(S(=O)(=O)NC(C)(C)c3ccccc3)o2)s1.CC(=O)Nc1nc(C)c(-c2ccc(S(=O)(=O)N[C@@H](CCO)c3ccccc3)o2)s1.CC(=O)Nc1nc(C)c(-c2ccc(S(=O)(=O)N[C@H](CCO)c3ccccc3)o2)s1.[HH].[HH].[HH].[HH].[HH].[HH].[HH].[HH]. The van der Waals surface area contributed by atoms with Gasteiger partial charge in [0.25, 0.3) is 30.1 Å². The van der Waals surface area contributed by atoms with Crippen LogP contribution in [-0.2, 0) is 50.0 Å². The zero-order chi connectivity index (χ0) is 62.6. The molecule has 8 N–H and O–H groups in total. The molecule has 0 bridgehead atoms. The van der Waals surface area contributed by atoms with Gasteiger partial charge in [-0.15, -0.1) is 0 Å². The fourth-order valence-electron chi connectivity index (χ4n) is 8.25. The van der Waals surface area contributed by atoms with Gasteiger partial charge in [0.2, 0.25) is 33.0 Å². The largest absolute Gasteiger partial charge is 0.442 e. The molecule has 3 amide bonds. The van der Waals surface area contributed by atoms with Crippen molar-refractivity contribution in [2.24, 2.45) is 0 Å². The first kappa shape index (κ1) is 66.0. The number of carbonyl (C=O) groups is 3. The van der Waals surface area contributed by atoms with Crippen LogP contribution >= 0.6 is 34.0 Å². The maximum Gasteiger partial charge on any atom is 0.274 e. The molecule has 0 aliphatic heterocycles. The first-order valence-corrected chi connectivity index (χ1v) is 33.1. The van der Waals surface area contributed by atoms with Crippen LogP contribution in [0.25, 0.3) is 31.9 Å². The lowest BCUT2D eigenvalue weighted by atomic mass is 9.96. The van der Waals surface area contributed by atoms with Gasteiger partial charge in [0.05, 0.1) is 37.3 Å². The predicted molar refractivity (Wildman–Crippen MR) is 346 cm³/mol. The minimum Gasteiger partial charge on any atom is -0.442 e. The zero-order valence-corrected chi connectivity index (χ0v) is 52.6. The number of hydrogen-bond donors (Lipinski definition) is 8. The highest BCUT2D eigenvalue weighted by molar-refractivity contribution is 7.90. The van der Waals surface area contributed by atoms with E-state index in [4.69, 9.17) is 13.3 Å². The van der Waals surface area contributed by atoms with Crippen LogP contribution in [0.2, 0.25) is 0 Å². The summed E-state index contributed by atoms with van der Waals surface area (Å²) in [6.45, 7) is 12.7. The van der Waals surface area contributed by atoms with Crippen molar-refractivity contribution in [2.45, 2.75) is 101 Å². The molecular formula is C57H79N9O14S6. The summed E-state index contributed by atoms with van der Waals surface area (Å²) in [5.74, 6) is 0.353. The molecule has 0 radical (unpaired) electrons.